The van der Waals surface area contributed by atoms with Gasteiger partial charge in [0.05, 0.1) is 0 Å². The summed E-state index contributed by atoms with van der Waals surface area (Å²) in [5.74, 6) is 1.90. The molecule has 1 aromatic carbocycles. The fourth-order valence-electron chi connectivity index (χ4n) is 2.42. The van der Waals surface area contributed by atoms with E-state index in [4.69, 9.17) is 4.74 Å². The minimum atomic E-state index is 0.547. The zero-order chi connectivity index (χ0) is 15.2. The van der Waals surface area contributed by atoms with Crippen molar-refractivity contribution in [2.24, 2.45) is 0 Å². The Morgan fingerprint density at radius 2 is 1.81 bits per heavy atom. The number of nitrogens with zero attached hydrogens (tertiary/aromatic N) is 1. The second-order valence-electron chi connectivity index (χ2n) is 5.49. The first-order valence-electron chi connectivity index (χ1n) is 7.49. The van der Waals surface area contributed by atoms with Crippen molar-refractivity contribution in [3.8, 4) is 5.75 Å². The Balaban J connectivity index is 2.00. The highest BCUT2D eigenvalue weighted by atomic mass is 16.5. The summed E-state index contributed by atoms with van der Waals surface area (Å²) in [5.41, 5.74) is 4.71. The van der Waals surface area contributed by atoms with Gasteiger partial charge in [0.15, 0.2) is 0 Å². The number of aromatic nitrogens is 1. The van der Waals surface area contributed by atoms with Gasteiger partial charge in [0.25, 0.3) is 0 Å². The highest BCUT2D eigenvalue weighted by Gasteiger charge is 2.05. The van der Waals surface area contributed by atoms with Crippen LogP contribution in [0.3, 0.4) is 0 Å². The van der Waals surface area contributed by atoms with Gasteiger partial charge < -0.3 is 10.1 Å². The Labute approximate surface area is 127 Å². The quantitative estimate of drug-likeness (QED) is 0.853. The van der Waals surface area contributed by atoms with Crippen LogP contribution in [0.4, 0.5) is 5.82 Å². The Hall–Kier alpha value is -2.03. The first-order valence-corrected chi connectivity index (χ1v) is 7.49. The Bertz CT molecular complexity index is 568. The molecule has 3 nitrogen and oxygen atoms in total. The van der Waals surface area contributed by atoms with Gasteiger partial charge >= 0.3 is 0 Å². The molecule has 1 N–H and O–H groups in total. The van der Waals surface area contributed by atoms with Crippen LogP contribution in [0, 0.1) is 20.8 Å². The molecule has 0 unspecified atom stereocenters. The molecule has 0 atom stereocenters. The molecule has 0 aliphatic carbocycles. The molecule has 0 aliphatic heterocycles. The summed E-state index contributed by atoms with van der Waals surface area (Å²) in [5, 5.41) is 3.27. The minimum Gasteiger partial charge on any atom is -0.488 e. The van der Waals surface area contributed by atoms with Crippen LogP contribution in [-0.2, 0) is 6.61 Å². The average Bonchev–Trinajstić information content (AvgIpc) is 2.45. The summed E-state index contributed by atoms with van der Waals surface area (Å²) in [4.78, 5) is 4.40. The van der Waals surface area contributed by atoms with Crippen molar-refractivity contribution in [2.45, 2.75) is 40.7 Å². The van der Waals surface area contributed by atoms with E-state index in [9.17, 15) is 0 Å². The molecular weight excluding hydrogens is 260 g/mol. The van der Waals surface area contributed by atoms with E-state index in [2.05, 4.69) is 56.2 Å². The van der Waals surface area contributed by atoms with Crippen molar-refractivity contribution in [1.29, 1.82) is 0 Å². The van der Waals surface area contributed by atoms with Gasteiger partial charge in [0.2, 0.25) is 0 Å². The molecule has 0 saturated carbocycles. The van der Waals surface area contributed by atoms with E-state index < -0.39 is 0 Å². The fourth-order valence-corrected chi connectivity index (χ4v) is 2.42. The predicted molar refractivity (Wildman–Crippen MR) is 88.0 cm³/mol. The summed E-state index contributed by atoms with van der Waals surface area (Å²) >= 11 is 0. The number of rotatable bonds is 6. The third-order valence-corrected chi connectivity index (χ3v) is 3.37. The van der Waals surface area contributed by atoms with E-state index in [1.807, 2.05) is 12.3 Å². The van der Waals surface area contributed by atoms with E-state index >= 15 is 0 Å². The van der Waals surface area contributed by atoms with Crippen molar-refractivity contribution < 1.29 is 4.74 Å². The van der Waals surface area contributed by atoms with Crippen molar-refractivity contribution in [2.75, 3.05) is 11.9 Å². The van der Waals surface area contributed by atoms with Gasteiger partial charge in [-0.25, -0.2) is 4.98 Å². The van der Waals surface area contributed by atoms with E-state index in [0.717, 1.165) is 30.1 Å². The van der Waals surface area contributed by atoms with Crippen LogP contribution in [-0.4, -0.2) is 11.5 Å². The molecule has 21 heavy (non-hydrogen) atoms. The largest absolute Gasteiger partial charge is 0.488 e. The maximum atomic E-state index is 5.97. The van der Waals surface area contributed by atoms with E-state index in [1.54, 1.807) is 0 Å². The zero-order valence-corrected chi connectivity index (χ0v) is 13.4. The lowest BCUT2D eigenvalue weighted by Crippen LogP contribution is -2.03. The topological polar surface area (TPSA) is 34.1 Å². The third kappa shape index (κ3) is 4.22. The monoisotopic (exact) mass is 284 g/mol. The van der Waals surface area contributed by atoms with Gasteiger partial charge in [-0.1, -0.05) is 30.7 Å². The normalized spacial score (nSPS) is 10.5. The molecule has 1 aromatic heterocycles. The molecule has 112 valence electrons. The highest BCUT2D eigenvalue weighted by molar-refractivity contribution is 5.43. The van der Waals surface area contributed by atoms with E-state index in [0.29, 0.717) is 6.61 Å². The zero-order valence-electron chi connectivity index (χ0n) is 13.4. The molecule has 0 fully saturated rings. The predicted octanol–water partition coefficient (Wildman–Crippen LogP) is 4.41. The van der Waals surface area contributed by atoms with Gasteiger partial charge in [0.1, 0.15) is 18.2 Å². The highest BCUT2D eigenvalue weighted by Crippen LogP contribution is 2.25. The molecule has 0 spiro atoms. The van der Waals surface area contributed by atoms with E-state index in [1.165, 1.54) is 16.7 Å². The maximum absolute atomic E-state index is 5.97. The van der Waals surface area contributed by atoms with Gasteiger partial charge in [0, 0.05) is 18.3 Å². The number of hydrogen-bond donors (Lipinski definition) is 1. The SMILES string of the molecule is CCCNc1ccc(COc2c(C)cc(C)cc2C)cn1. The first-order chi connectivity index (χ1) is 10.1. The van der Waals surface area contributed by atoms with Gasteiger partial charge in [-0.3, -0.25) is 0 Å². The number of nitrogens with one attached hydrogen (secondary N) is 1. The van der Waals surface area contributed by atoms with Crippen LogP contribution in [0.5, 0.6) is 5.75 Å². The summed E-state index contributed by atoms with van der Waals surface area (Å²) in [6, 6.07) is 8.36. The van der Waals surface area contributed by atoms with Crippen LogP contribution >= 0.6 is 0 Å². The molecule has 0 amide bonds. The van der Waals surface area contributed by atoms with Crippen molar-refractivity contribution >= 4 is 5.82 Å². The number of ether oxygens (including phenoxy) is 1. The number of hydrogen-bond acceptors (Lipinski definition) is 3. The Morgan fingerprint density at radius 1 is 1.10 bits per heavy atom. The summed E-state index contributed by atoms with van der Waals surface area (Å²) in [6.45, 7) is 9.92. The van der Waals surface area contributed by atoms with Crippen LogP contribution in [0.1, 0.15) is 35.6 Å². The molecule has 1 heterocycles. The fraction of sp³-hybridized carbons (Fsp3) is 0.389. The van der Waals surface area contributed by atoms with Crippen LogP contribution in [0.25, 0.3) is 0 Å². The summed E-state index contributed by atoms with van der Waals surface area (Å²) in [7, 11) is 0. The summed E-state index contributed by atoms with van der Waals surface area (Å²) < 4.78 is 5.97. The van der Waals surface area contributed by atoms with E-state index in [-0.39, 0.29) is 0 Å². The molecule has 0 bridgehead atoms. The van der Waals surface area contributed by atoms with Gasteiger partial charge in [-0.2, -0.15) is 0 Å². The lowest BCUT2D eigenvalue weighted by atomic mass is 10.1. The lowest BCUT2D eigenvalue weighted by molar-refractivity contribution is 0.301. The van der Waals surface area contributed by atoms with Crippen LogP contribution < -0.4 is 10.1 Å². The van der Waals surface area contributed by atoms with Crippen molar-refractivity contribution in [1.82, 2.24) is 4.98 Å². The average molecular weight is 284 g/mol. The smallest absolute Gasteiger partial charge is 0.125 e. The van der Waals surface area contributed by atoms with Crippen LogP contribution in [0.2, 0.25) is 0 Å². The third-order valence-electron chi connectivity index (χ3n) is 3.37. The molecular formula is C18H24N2O. The standard InChI is InChI=1S/C18H24N2O/c1-5-8-19-17-7-6-16(11-20-17)12-21-18-14(3)9-13(2)10-15(18)4/h6-7,9-11H,5,8,12H2,1-4H3,(H,19,20). The maximum Gasteiger partial charge on any atom is 0.125 e. The first kappa shape index (κ1) is 15.4. The Morgan fingerprint density at radius 3 is 2.38 bits per heavy atom. The lowest BCUT2D eigenvalue weighted by Gasteiger charge is -2.13. The molecule has 0 saturated heterocycles. The second kappa shape index (κ2) is 7.11. The molecule has 0 radical (unpaired) electrons. The minimum absolute atomic E-state index is 0.547. The molecule has 3 heteroatoms. The summed E-state index contributed by atoms with van der Waals surface area (Å²) in [6.07, 6.45) is 2.97. The molecule has 0 aliphatic rings. The number of aryl methyl sites for hydroxylation is 3. The van der Waals surface area contributed by atoms with Crippen molar-refractivity contribution in [3.63, 3.8) is 0 Å². The van der Waals surface area contributed by atoms with Crippen LogP contribution in [0.15, 0.2) is 30.5 Å². The van der Waals surface area contributed by atoms with Gasteiger partial charge in [-0.15, -0.1) is 0 Å². The van der Waals surface area contributed by atoms with Gasteiger partial charge in [-0.05, 0) is 44.4 Å². The number of benzene rings is 1. The second-order valence-corrected chi connectivity index (χ2v) is 5.49. The molecule has 2 aromatic rings. The number of anilines is 1. The van der Waals surface area contributed by atoms with Crippen molar-refractivity contribution in [3.05, 3.63) is 52.7 Å². The Kier molecular flexibility index (Phi) is 5.20. The molecule has 2 rings (SSSR count). The number of pyridine rings is 1.